The van der Waals surface area contributed by atoms with Crippen molar-refractivity contribution in [3.8, 4) is 0 Å². The average Bonchev–Trinajstić information content (AvgIpc) is 3.35. The molecule has 2 N–H and O–H groups in total. The lowest BCUT2D eigenvalue weighted by molar-refractivity contribution is -0.132. The molecule has 160 valence electrons. The smallest absolute Gasteiger partial charge is 0.255 e. The van der Waals surface area contributed by atoms with E-state index in [0.717, 1.165) is 14.2 Å². The van der Waals surface area contributed by atoms with Crippen LogP contribution in [0.2, 0.25) is 0 Å². The number of aromatic nitrogens is 2. The molecule has 0 radical (unpaired) electrons. The van der Waals surface area contributed by atoms with Crippen molar-refractivity contribution in [2.24, 2.45) is 7.05 Å². The number of hydrogen-bond acceptors (Lipinski definition) is 6. The first-order valence-electron chi connectivity index (χ1n) is 8.92. The zero-order chi connectivity index (χ0) is 21.7. The van der Waals surface area contributed by atoms with E-state index in [1.54, 1.807) is 7.05 Å². The van der Waals surface area contributed by atoms with Crippen LogP contribution >= 0.6 is 27.3 Å². The first-order valence-corrected chi connectivity index (χ1v) is 12.0. The summed E-state index contributed by atoms with van der Waals surface area (Å²) in [5.41, 5.74) is 0.766. The van der Waals surface area contributed by atoms with Gasteiger partial charge in [0.1, 0.15) is 4.90 Å². The number of halogens is 1. The second kappa shape index (κ2) is 9.84. The van der Waals surface area contributed by atoms with Crippen molar-refractivity contribution in [1.29, 1.82) is 0 Å². The molecular formula is C19H21BrN4O4S2. The van der Waals surface area contributed by atoms with Crippen LogP contribution < -0.4 is 10.0 Å². The van der Waals surface area contributed by atoms with Crippen molar-refractivity contribution >= 4 is 43.2 Å². The van der Waals surface area contributed by atoms with Crippen LogP contribution in [-0.4, -0.2) is 37.8 Å². The van der Waals surface area contributed by atoms with E-state index in [4.69, 9.17) is 4.74 Å². The van der Waals surface area contributed by atoms with Gasteiger partial charge in [-0.3, -0.25) is 9.48 Å². The summed E-state index contributed by atoms with van der Waals surface area (Å²) in [6, 6.07) is 12.2. The molecule has 0 aliphatic heterocycles. The van der Waals surface area contributed by atoms with Crippen molar-refractivity contribution in [1.82, 2.24) is 19.8 Å². The molecule has 0 fully saturated rings. The van der Waals surface area contributed by atoms with E-state index in [9.17, 15) is 13.2 Å². The summed E-state index contributed by atoms with van der Waals surface area (Å²) in [5, 5.41) is 6.80. The highest BCUT2D eigenvalue weighted by atomic mass is 79.9. The van der Waals surface area contributed by atoms with Gasteiger partial charge < -0.3 is 10.1 Å². The Bertz CT molecular complexity index is 1100. The van der Waals surface area contributed by atoms with Gasteiger partial charge in [-0.25, -0.2) is 13.1 Å². The zero-order valence-corrected chi connectivity index (χ0v) is 19.5. The summed E-state index contributed by atoms with van der Waals surface area (Å²) in [5.74, 6) is -0.360. The molecular weight excluding hydrogens is 492 g/mol. The number of amides is 1. The van der Waals surface area contributed by atoms with E-state index >= 15 is 0 Å². The minimum absolute atomic E-state index is 0.0302. The fourth-order valence-electron chi connectivity index (χ4n) is 2.82. The topological polar surface area (TPSA) is 102 Å². The Labute approximate surface area is 187 Å². The van der Waals surface area contributed by atoms with Crippen LogP contribution in [0.5, 0.6) is 0 Å². The van der Waals surface area contributed by atoms with Gasteiger partial charge in [-0.2, -0.15) is 5.10 Å². The van der Waals surface area contributed by atoms with Crippen molar-refractivity contribution in [2.45, 2.75) is 17.0 Å². The summed E-state index contributed by atoms with van der Waals surface area (Å²) >= 11 is 4.78. The fourth-order valence-corrected chi connectivity index (χ4v) is 5.35. The lowest BCUT2D eigenvalue weighted by Gasteiger charge is -2.22. The zero-order valence-electron chi connectivity index (χ0n) is 16.3. The van der Waals surface area contributed by atoms with Gasteiger partial charge in [-0.15, -0.1) is 11.3 Å². The van der Waals surface area contributed by atoms with Gasteiger partial charge in [-0.05, 0) is 33.6 Å². The molecule has 11 heteroatoms. The molecule has 0 aliphatic carbocycles. The summed E-state index contributed by atoms with van der Waals surface area (Å²) in [6.07, 6.45) is 1.88. The van der Waals surface area contributed by atoms with Gasteiger partial charge >= 0.3 is 0 Å². The molecule has 0 saturated carbocycles. The SMILES string of the molecule is COC(C(=O)NC(CNS(=O)(=O)c1cnn(C)c1)c1ccccc1)c1ccc(Br)s1. The van der Waals surface area contributed by atoms with Crippen molar-refractivity contribution in [3.63, 3.8) is 0 Å². The standard InChI is InChI=1S/C19H21BrN4O4S2/c1-24-12-14(10-21-24)30(26,27)22-11-15(13-6-4-3-5-7-13)23-19(25)18(28-2)16-8-9-17(20)29-16/h3-10,12,15,18,22H,11H2,1-2H3,(H,23,25). The predicted octanol–water partition coefficient (Wildman–Crippen LogP) is 2.77. The summed E-state index contributed by atoms with van der Waals surface area (Å²) < 4.78 is 35.4. The number of rotatable bonds is 9. The molecule has 2 atom stereocenters. The van der Waals surface area contributed by atoms with Crippen molar-refractivity contribution in [3.05, 3.63) is 69.1 Å². The van der Waals surface area contributed by atoms with Crippen LogP contribution in [0.15, 0.2) is 63.5 Å². The first kappa shape index (κ1) is 22.6. The molecule has 0 spiro atoms. The Balaban J connectivity index is 1.78. The third kappa shape index (κ3) is 5.55. The number of carbonyl (C=O) groups is 1. The molecule has 0 saturated heterocycles. The van der Waals surface area contributed by atoms with Crippen LogP contribution in [0.25, 0.3) is 0 Å². The molecule has 3 aromatic rings. The van der Waals surface area contributed by atoms with E-state index in [0.29, 0.717) is 0 Å². The van der Waals surface area contributed by atoms with E-state index in [1.807, 2.05) is 42.5 Å². The molecule has 2 aromatic heterocycles. The summed E-state index contributed by atoms with van der Waals surface area (Å²) in [6.45, 7) is -0.0302. The first-order chi connectivity index (χ1) is 14.3. The van der Waals surface area contributed by atoms with Gasteiger partial charge in [-0.1, -0.05) is 30.3 Å². The lowest BCUT2D eigenvalue weighted by atomic mass is 10.1. The third-order valence-electron chi connectivity index (χ3n) is 4.31. The Kier molecular flexibility index (Phi) is 7.42. The quantitative estimate of drug-likeness (QED) is 0.458. The number of benzene rings is 1. The molecule has 30 heavy (non-hydrogen) atoms. The predicted molar refractivity (Wildman–Crippen MR) is 117 cm³/mol. The van der Waals surface area contributed by atoms with Crippen molar-refractivity contribution < 1.29 is 17.9 Å². The highest BCUT2D eigenvalue weighted by Gasteiger charge is 2.26. The Morgan fingerprint density at radius 2 is 2.00 bits per heavy atom. The molecule has 0 bridgehead atoms. The summed E-state index contributed by atoms with van der Waals surface area (Å²) in [7, 11) is -0.675. The number of sulfonamides is 1. The van der Waals surface area contributed by atoms with Crippen LogP contribution in [0.3, 0.4) is 0 Å². The second-order valence-corrected chi connectivity index (χ2v) is 10.7. The summed E-state index contributed by atoms with van der Waals surface area (Å²) in [4.78, 5) is 13.7. The Morgan fingerprint density at radius 1 is 1.27 bits per heavy atom. The van der Waals surface area contributed by atoms with Gasteiger partial charge in [0.2, 0.25) is 10.0 Å². The third-order valence-corrected chi connectivity index (χ3v) is 7.36. The number of ether oxygens (including phenoxy) is 1. The second-order valence-electron chi connectivity index (χ2n) is 6.43. The van der Waals surface area contributed by atoms with E-state index < -0.39 is 22.2 Å². The molecule has 2 unspecified atom stereocenters. The number of nitrogens with one attached hydrogen (secondary N) is 2. The highest BCUT2D eigenvalue weighted by Crippen LogP contribution is 2.29. The maximum absolute atomic E-state index is 12.9. The van der Waals surface area contributed by atoms with Gasteiger partial charge in [0.25, 0.3) is 5.91 Å². The van der Waals surface area contributed by atoms with Crippen LogP contribution in [0, 0.1) is 0 Å². The van der Waals surface area contributed by atoms with Gasteiger partial charge in [0, 0.05) is 31.8 Å². The fraction of sp³-hybridized carbons (Fsp3) is 0.263. The minimum Gasteiger partial charge on any atom is -0.366 e. The monoisotopic (exact) mass is 512 g/mol. The Hall–Kier alpha value is -2.05. The molecule has 8 nitrogen and oxygen atoms in total. The average molecular weight is 513 g/mol. The van der Waals surface area contributed by atoms with Gasteiger partial charge in [0.05, 0.1) is 16.0 Å². The number of methoxy groups -OCH3 is 1. The molecule has 3 rings (SSSR count). The number of thiophene rings is 1. The lowest BCUT2D eigenvalue weighted by Crippen LogP contribution is -2.40. The van der Waals surface area contributed by atoms with Crippen LogP contribution in [0.4, 0.5) is 0 Å². The largest absolute Gasteiger partial charge is 0.366 e. The van der Waals surface area contributed by atoms with E-state index in [1.165, 1.54) is 35.5 Å². The number of nitrogens with zero attached hydrogens (tertiary/aromatic N) is 2. The molecule has 2 heterocycles. The van der Waals surface area contributed by atoms with Crippen molar-refractivity contribution in [2.75, 3.05) is 13.7 Å². The van der Waals surface area contributed by atoms with Crippen LogP contribution in [0.1, 0.15) is 22.6 Å². The van der Waals surface area contributed by atoms with Gasteiger partial charge in [0.15, 0.2) is 6.10 Å². The number of carbonyl (C=O) groups excluding carboxylic acids is 1. The number of aryl methyl sites for hydroxylation is 1. The molecule has 0 aliphatic rings. The highest BCUT2D eigenvalue weighted by molar-refractivity contribution is 9.11. The molecule has 1 aromatic carbocycles. The maximum Gasteiger partial charge on any atom is 0.255 e. The van der Waals surface area contributed by atoms with Crippen LogP contribution in [-0.2, 0) is 26.6 Å². The minimum atomic E-state index is -3.77. The Morgan fingerprint density at radius 3 is 2.57 bits per heavy atom. The van der Waals surface area contributed by atoms with E-state index in [2.05, 4.69) is 31.1 Å². The normalized spacial score (nSPS) is 13.7. The maximum atomic E-state index is 12.9. The van der Waals surface area contributed by atoms with E-state index in [-0.39, 0.29) is 17.3 Å². The number of hydrogen-bond donors (Lipinski definition) is 2. The molecule has 1 amide bonds.